The van der Waals surface area contributed by atoms with Crippen LogP contribution in [0.5, 0.6) is 0 Å². The van der Waals surface area contributed by atoms with Crippen LogP contribution in [0.25, 0.3) is 0 Å². The van der Waals surface area contributed by atoms with Crippen LogP contribution in [0.1, 0.15) is 6.92 Å². The van der Waals surface area contributed by atoms with Crippen molar-refractivity contribution in [2.24, 2.45) is 5.73 Å². The Balaban J connectivity index is 1.24. The highest BCUT2D eigenvalue weighted by atomic mass is 19.1. The summed E-state index contributed by atoms with van der Waals surface area (Å²) in [6.45, 7) is 4.63. The number of piperazine rings is 1. The van der Waals surface area contributed by atoms with E-state index in [0.29, 0.717) is 44.1 Å². The van der Waals surface area contributed by atoms with Gasteiger partial charge in [-0.05, 0) is 18.2 Å². The number of hydrogen-bond donors (Lipinski definition) is 5. The number of carbonyl (C=O) groups is 2. The summed E-state index contributed by atoms with van der Waals surface area (Å²) >= 11 is 0. The Hall–Kier alpha value is -2.59. The minimum atomic E-state index is -1.28. The van der Waals surface area contributed by atoms with E-state index in [-0.39, 0.29) is 25.6 Å². The summed E-state index contributed by atoms with van der Waals surface area (Å²) in [4.78, 5) is 28.7. The first-order valence-electron chi connectivity index (χ1n) is 12.7. The molecule has 0 aliphatic carbocycles. The summed E-state index contributed by atoms with van der Waals surface area (Å²) in [5.74, 6) is -0.665. The number of ether oxygens (including phenoxy) is 3. The monoisotopic (exact) mass is 541 g/mol. The lowest BCUT2D eigenvalue weighted by molar-refractivity contribution is -0.266. The summed E-state index contributed by atoms with van der Waals surface area (Å²) in [7, 11) is 0. The molecule has 0 saturated carbocycles. The molecule has 2 amide bonds. The molecule has 38 heavy (non-hydrogen) atoms. The number of aliphatic hydroxyl groups is 3. The second-order valence-electron chi connectivity index (χ2n) is 9.67. The zero-order valence-corrected chi connectivity index (χ0v) is 21.2. The van der Waals surface area contributed by atoms with E-state index in [0.717, 1.165) is 0 Å². The molecule has 13 nitrogen and oxygen atoms in total. The first-order valence-corrected chi connectivity index (χ1v) is 12.7. The van der Waals surface area contributed by atoms with Crippen LogP contribution < -0.4 is 20.9 Å². The van der Waals surface area contributed by atoms with Crippen molar-refractivity contribution in [3.63, 3.8) is 0 Å². The van der Waals surface area contributed by atoms with Gasteiger partial charge >= 0.3 is 6.09 Å². The van der Waals surface area contributed by atoms with Crippen LogP contribution in [-0.4, -0.2) is 128 Å². The number of hydrogen-bond acceptors (Lipinski definition) is 11. The number of aliphatic hydroxyl groups excluding tert-OH is 3. The second kappa shape index (κ2) is 12.5. The fourth-order valence-corrected chi connectivity index (χ4v) is 4.78. The van der Waals surface area contributed by atoms with Crippen molar-refractivity contribution in [3.8, 4) is 0 Å². The van der Waals surface area contributed by atoms with Gasteiger partial charge in [0.1, 0.15) is 30.2 Å². The minimum Gasteiger partial charge on any atom is -0.442 e. The van der Waals surface area contributed by atoms with E-state index in [1.165, 1.54) is 17.9 Å². The van der Waals surface area contributed by atoms with E-state index in [2.05, 4.69) is 10.2 Å². The Bertz CT molecular complexity index is 979. The topological polar surface area (TPSA) is 170 Å². The molecule has 0 bridgehead atoms. The van der Waals surface area contributed by atoms with E-state index < -0.39 is 55.3 Å². The number of cyclic esters (lactones) is 1. The van der Waals surface area contributed by atoms with Crippen LogP contribution in [0.15, 0.2) is 18.2 Å². The lowest BCUT2D eigenvalue weighted by atomic mass is 9.98. The number of rotatable bonds is 9. The van der Waals surface area contributed by atoms with Crippen molar-refractivity contribution in [2.45, 2.75) is 43.7 Å². The third kappa shape index (κ3) is 6.51. The molecule has 6 atom stereocenters. The summed E-state index contributed by atoms with van der Waals surface area (Å²) in [6.07, 6.45) is -5.56. The molecular weight excluding hydrogens is 505 g/mol. The molecule has 212 valence electrons. The van der Waals surface area contributed by atoms with E-state index in [1.807, 2.05) is 4.90 Å². The van der Waals surface area contributed by atoms with Crippen LogP contribution in [-0.2, 0) is 19.0 Å². The maximum absolute atomic E-state index is 15.0. The number of nitrogens with two attached hydrogens (primary N) is 1. The molecule has 14 heteroatoms. The zero-order chi connectivity index (χ0) is 27.4. The smallest absolute Gasteiger partial charge is 0.414 e. The van der Waals surface area contributed by atoms with Crippen LogP contribution >= 0.6 is 0 Å². The number of carbonyl (C=O) groups excluding carboxylic acids is 2. The molecule has 1 aromatic rings. The Morgan fingerprint density at radius 1 is 1.24 bits per heavy atom. The first-order chi connectivity index (χ1) is 18.2. The molecular formula is C24H36FN5O8. The van der Waals surface area contributed by atoms with Gasteiger partial charge in [-0.2, -0.15) is 0 Å². The maximum Gasteiger partial charge on any atom is 0.414 e. The second-order valence-corrected chi connectivity index (χ2v) is 9.67. The standard InChI is InChI=1S/C24H36FN5O8/c1-14(32)27-11-16-12-30(24(35)37-16)15-2-3-18(17(25)10-15)29-6-4-28(5-7-29)8-9-36-23-20(26)22(34)21(33)19(13-31)38-23/h2-3,10,16,19-23,31,33-34H,4-9,11-13,26H2,1H3,(H,27,32)/t16-,19?,20?,21?,22?,23?/m0/s1. The average Bonchev–Trinajstić information content (AvgIpc) is 3.28. The molecule has 5 unspecified atom stereocenters. The normalized spacial score (nSPS) is 30.4. The molecule has 3 saturated heterocycles. The van der Waals surface area contributed by atoms with Crippen molar-refractivity contribution < 1.29 is 43.5 Å². The largest absolute Gasteiger partial charge is 0.442 e. The fourth-order valence-electron chi connectivity index (χ4n) is 4.78. The van der Waals surface area contributed by atoms with E-state index >= 15 is 4.39 Å². The molecule has 3 fully saturated rings. The number of anilines is 2. The summed E-state index contributed by atoms with van der Waals surface area (Å²) in [6, 6.07) is 3.70. The highest BCUT2D eigenvalue weighted by molar-refractivity contribution is 5.90. The van der Waals surface area contributed by atoms with Crippen molar-refractivity contribution in [1.82, 2.24) is 10.2 Å². The van der Waals surface area contributed by atoms with Crippen LogP contribution in [0, 0.1) is 5.82 Å². The number of halogens is 1. The first kappa shape index (κ1) is 28.4. The Labute approximate surface area is 219 Å². The fraction of sp³-hybridized carbons (Fsp3) is 0.667. The van der Waals surface area contributed by atoms with Crippen molar-refractivity contribution in [2.75, 3.05) is 68.8 Å². The molecule has 1 aromatic carbocycles. The summed E-state index contributed by atoms with van der Waals surface area (Å²) in [5, 5.41) is 31.8. The van der Waals surface area contributed by atoms with Crippen LogP contribution in [0.4, 0.5) is 20.6 Å². The summed E-state index contributed by atoms with van der Waals surface area (Å²) in [5.41, 5.74) is 6.73. The zero-order valence-electron chi connectivity index (χ0n) is 21.2. The van der Waals surface area contributed by atoms with Gasteiger partial charge in [0, 0.05) is 39.6 Å². The quantitative estimate of drug-likeness (QED) is 0.239. The van der Waals surface area contributed by atoms with Gasteiger partial charge in [0.2, 0.25) is 5.91 Å². The summed E-state index contributed by atoms with van der Waals surface area (Å²) < 4.78 is 31.4. The SMILES string of the molecule is CC(=O)NC[C@H]1CN(c2ccc(N3CCN(CCOC4OC(CO)C(O)C(O)C4N)CC3)c(F)c2)C(=O)O1. The molecule has 3 heterocycles. The van der Waals surface area contributed by atoms with Crippen LogP contribution in [0.3, 0.4) is 0 Å². The van der Waals surface area contributed by atoms with Gasteiger partial charge in [-0.3, -0.25) is 14.6 Å². The Morgan fingerprint density at radius 3 is 2.63 bits per heavy atom. The van der Waals surface area contributed by atoms with Gasteiger partial charge in [0.05, 0.1) is 43.7 Å². The Kier molecular flexibility index (Phi) is 9.36. The van der Waals surface area contributed by atoms with E-state index in [4.69, 9.17) is 19.9 Å². The molecule has 0 aromatic heterocycles. The molecule has 3 aliphatic heterocycles. The Morgan fingerprint density at radius 2 is 1.97 bits per heavy atom. The molecule has 4 rings (SSSR count). The van der Waals surface area contributed by atoms with Crippen LogP contribution in [0.2, 0.25) is 0 Å². The predicted molar refractivity (Wildman–Crippen MR) is 133 cm³/mol. The van der Waals surface area contributed by atoms with E-state index in [9.17, 15) is 24.9 Å². The number of benzene rings is 1. The highest BCUT2D eigenvalue weighted by Gasteiger charge is 2.43. The minimum absolute atomic E-state index is 0.197. The lowest BCUT2D eigenvalue weighted by Gasteiger charge is -2.41. The van der Waals surface area contributed by atoms with Gasteiger partial charge in [-0.25, -0.2) is 9.18 Å². The van der Waals surface area contributed by atoms with Crippen molar-refractivity contribution in [1.29, 1.82) is 0 Å². The highest BCUT2D eigenvalue weighted by Crippen LogP contribution is 2.28. The maximum atomic E-state index is 15.0. The third-order valence-corrected chi connectivity index (χ3v) is 7.03. The predicted octanol–water partition coefficient (Wildman–Crippen LogP) is -1.81. The van der Waals surface area contributed by atoms with E-state index in [1.54, 1.807) is 12.1 Å². The van der Waals surface area contributed by atoms with Gasteiger partial charge in [-0.15, -0.1) is 0 Å². The van der Waals surface area contributed by atoms with Gasteiger partial charge in [-0.1, -0.05) is 0 Å². The molecule has 0 spiro atoms. The van der Waals surface area contributed by atoms with Gasteiger partial charge < -0.3 is 45.5 Å². The van der Waals surface area contributed by atoms with Gasteiger partial charge in [0.15, 0.2) is 6.29 Å². The van der Waals surface area contributed by atoms with Gasteiger partial charge in [0.25, 0.3) is 0 Å². The van der Waals surface area contributed by atoms with Crippen molar-refractivity contribution >= 4 is 23.4 Å². The number of amides is 2. The van der Waals surface area contributed by atoms with Crippen molar-refractivity contribution in [3.05, 3.63) is 24.0 Å². The third-order valence-electron chi connectivity index (χ3n) is 7.03. The lowest BCUT2D eigenvalue weighted by Crippen LogP contribution is -2.62. The molecule has 6 N–H and O–H groups in total. The number of nitrogens with zero attached hydrogens (tertiary/aromatic N) is 3. The molecule has 0 radical (unpaired) electrons. The number of nitrogens with one attached hydrogen (secondary N) is 1. The molecule has 3 aliphatic rings. The average molecular weight is 542 g/mol.